The van der Waals surface area contributed by atoms with Crippen molar-refractivity contribution in [2.24, 2.45) is 5.73 Å². The lowest BCUT2D eigenvalue weighted by Crippen LogP contribution is -2.11. The highest BCUT2D eigenvalue weighted by Gasteiger charge is 2.09. The number of methoxy groups -OCH3 is 1. The lowest BCUT2D eigenvalue weighted by Gasteiger charge is -2.12. The van der Waals surface area contributed by atoms with Crippen LogP contribution in [-0.2, 0) is 33.6 Å². The molecule has 0 fully saturated rings. The van der Waals surface area contributed by atoms with Gasteiger partial charge >= 0.3 is 5.97 Å². The second kappa shape index (κ2) is 10.4. The van der Waals surface area contributed by atoms with Crippen LogP contribution in [0.2, 0.25) is 0 Å². The van der Waals surface area contributed by atoms with Crippen LogP contribution in [0.25, 0.3) is 0 Å². The Morgan fingerprint density at radius 1 is 0.963 bits per heavy atom. The topological polar surface area (TPSA) is 78.6 Å². The molecular weight excluding hydrogens is 342 g/mol. The minimum atomic E-state index is -0.321. The summed E-state index contributed by atoms with van der Waals surface area (Å²) >= 11 is 0. The molecule has 0 unspecified atom stereocenters. The maximum absolute atomic E-state index is 11.7. The fourth-order valence-electron chi connectivity index (χ4n) is 3.05. The van der Waals surface area contributed by atoms with Crippen LogP contribution in [0.1, 0.15) is 42.0 Å². The zero-order valence-corrected chi connectivity index (χ0v) is 16.0. The molecule has 0 aliphatic heterocycles. The molecule has 2 aromatic rings. The maximum Gasteiger partial charge on any atom is 0.306 e. The Bertz CT molecular complexity index is 786. The number of hydrogen-bond donors (Lipinski definition) is 1. The van der Waals surface area contributed by atoms with Crippen molar-refractivity contribution >= 4 is 11.9 Å². The number of carbonyl (C=O) groups is 2. The van der Waals surface area contributed by atoms with Crippen LogP contribution in [0.4, 0.5) is 0 Å². The Morgan fingerprint density at radius 2 is 1.59 bits per heavy atom. The summed E-state index contributed by atoms with van der Waals surface area (Å²) in [5, 5.41) is 0. The predicted molar refractivity (Wildman–Crippen MR) is 105 cm³/mol. The van der Waals surface area contributed by atoms with Crippen molar-refractivity contribution in [1.29, 1.82) is 0 Å². The van der Waals surface area contributed by atoms with E-state index in [2.05, 4.69) is 12.1 Å². The van der Waals surface area contributed by atoms with Crippen molar-refractivity contribution in [1.82, 2.24) is 0 Å². The van der Waals surface area contributed by atoms with Crippen LogP contribution in [0.15, 0.2) is 42.5 Å². The third-order valence-corrected chi connectivity index (χ3v) is 4.28. The first-order chi connectivity index (χ1) is 13.0. The molecule has 0 heterocycles. The average molecular weight is 369 g/mol. The van der Waals surface area contributed by atoms with Gasteiger partial charge in [0, 0.05) is 19.3 Å². The molecule has 144 valence electrons. The summed E-state index contributed by atoms with van der Waals surface area (Å²) in [6.07, 6.45) is 2.53. The summed E-state index contributed by atoms with van der Waals surface area (Å²) in [5.41, 5.74) is 9.58. The quantitative estimate of drug-likeness (QED) is 0.652. The summed E-state index contributed by atoms with van der Waals surface area (Å²) in [6, 6.07) is 14.1. The third kappa shape index (κ3) is 6.77. The average Bonchev–Trinajstić information content (AvgIpc) is 2.65. The van der Waals surface area contributed by atoms with Crippen LogP contribution in [-0.4, -0.2) is 25.6 Å². The largest absolute Gasteiger partial charge is 0.496 e. The number of carbonyl (C=O) groups excluding carboxylic acids is 2. The third-order valence-electron chi connectivity index (χ3n) is 4.28. The highest BCUT2D eigenvalue weighted by molar-refractivity contribution is 5.74. The molecular formula is C22H27NO4. The molecule has 0 atom stereocenters. The van der Waals surface area contributed by atoms with Crippen molar-refractivity contribution in [3.8, 4) is 5.75 Å². The standard InChI is InChI=1S/C22H27NO4/c1-3-27-22(25)11-9-17-12-16(8-10-21(23)24)13-18(14-17)15-19-6-4-5-7-20(19)26-2/h4-7,12-14H,3,8-11,15H2,1-2H3,(H2,23,24). The highest BCUT2D eigenvalue weighted by atomic mass is 16.5. The van der Waals surface area contributed by atoms with Gasteiger partial charge in [-0.2, -0.15) is 0 Å². The number of rotatable bonds is 10. The normalized spacial score (nSPS) is 10.4. The summed E-state index contributed by atoms with van der Waals surface area (Å²) in [4.78, 5) is 22.8. The minimum absolute atomic E-state index is 0.202. The maximum atomic E-state index is 11.7. The van der Waals surface area contributed by atoms with Gasteiger partial charge in [0.15, 0.2) is 0 Å². The summed E-state index contributed by atoms with van der Waals surface area (Å²) < 4.78 is 10.5. The Kier molecular flexibility index (Phi) is 7.86. The van der Waals surface area contributed by atoms with Gasteiger partial charge < -0.3 is 15.2 Å². The number of nitrogens with two attached hydrogens (primary N) is 1. The van der Waals surface area contributed by atoms with Gasteiger partial charge in [0.25, 0.3) is 0 Å². The van der Waals surface area contributed by atoms with Gasteiger partial charge in [-0.3, -0.25) is 9.59 Å². The first kappa shape index (κ1) is 20.5. The number of primary amides is 1. The Labute approximate surface area is 160 Å². The summed E-state index contributed by atoms with van der Waals surface area (Å²) in [5.74, 6) is 0.317. The molecule has 0 spiro atoms. The van der Waals surface area contributed by atoms with Crippen molar-refractivity contribution < 1.29 is 19.1 Å². The van der Waals surface area contributed by atoms with Gasteiger partial charge in [-0.05, 0) is 48.1 Å². The van der Waals surface area contributed by atoms with Crippen LogP contribution >= 0.6 is 0 Å². The molecule has 0 radical (unpaired) electrons. The van der Waals surface area contributed by atoms with Crippen molar-refractivity contribution in [2.45, 2.75) is 39.0 Å². The molecule has 5 heteroatoms. The van der Waals surface area contributed by atoms with Gasteiger partial charge in [-0.1, -0.05) is 36.4 Å². The minimum Gasteiger partial charge on any atom is -0.496 e. The second-order valence-electron chi connectivity index (χ2n) is 6.42. The van der Waals surface area contributed by atoms with Gasteiger partial charge in [-0.25, -0.2) is 0 Å². The van der Waals surface area contributed by atoms with E-state index in [-0.39, 0.29) is 11.9 Å². The number of benzene rings is 2. The molecule has 1 amide bonds. The number of hydrogen-bond acceptors (Lipinski definition) is 4. The van der Waals surface area contributed by atoms with E-state index >= 15 is 0 Å². The van der Waals surface area contributed by atoms with Gasteiger partial charge in [0.1, 0.15) is 5.75 Å². The second-order valence-corrected chi connectivity index (χ2v) is 6.42. The highest BCUT2D eigenvalue weighted by Crippen LogP contribution is 2.23. The fraction of sp³-hybridized carbons (Fsp3) is 0.364. The van der Waals surface area contributed by atoms with E-state index in [1.54, 1.807) is 14.0 Å². The SMILES string of the molecule is CCOC(=O)CCc1cc(CCC(N)=O)cc(Cc2ccccc2OC)c1. The number of ether oxygens (including phenoxy) is 2. The number of amides is 1. The zero-order chi connectivity index (χ0) is 19.6. The lowest BCUT2D eigenvalue weighted by molar-refractivity contribution is -0.143. The molecule has 5 nitrogen and oxygen atoms in total. The Hall–Kier alpha value is -2.82. The van der Waals surface area contributed by atoms with E-state index in [1.807, 2.05) is 30.3 Å². The van der Waals surface area contributed by atoms with Crippen molar-refractivity contribution in [3.63, 3.8) is 0 Å². The molecule has 0 saturated carbocycles. The van der Waals surface area contributed by atoms with Gasteiger partial charge in [-0.15, -0.1) is 0 Å². The molecule has 2 N–H and O–H groups in total. The van der Waals surface area contributed by atoms with Crippen molar-refractivity contribution in [2.75, 3.05) is 13.7 Å². The van der Waals surface area contributed by atoms with Crippen LogP contribution < -0.4 is 10.5 Å². The van der Waals surface area contributed by atoms with E-state index in [0.717, 1.165) is 28.0 Å². The molecule has 0 aliphatic carbocycles. The molecule has 0 aromatic heterocycles. The molecule has 0 saturated heterocycles. The van der Waals surface area contributed by atoms with E-state index in [0.29, 0.717) is 38.7 Å². The summed E-state index contributed by atoms with van der Waals surface area (Å²) in [7, 11) is 1.66. The first-order valence-electron chi connectivity index (χ1n) is 9.19. The lowest BCUT2D eigenvalue weighted by atomic mass is 9.95. The van der Waals surface area contributed by atoms with Gasteiger partial charge in [0.2, 0.25) is 5.91 Å². The van der Waals surface area contributed by atoms with E-state index in [9.17, 15) is 9.59 Å². The monoisotopic (exact) mass is 369 g/mol. The summed E-state index contributed by atoms with van der Waals surface area (Å²) in [6.45, 7) is 2.18. The Morgan fingerprint density at radius 3 is 2.22 bits per heavy atom. The van der Waals surface area contributed by atoms with E-state index in [1.165, 1.54) is 0 Å². The zero-order valence-electron chi connectivity index (χ0n) is 16.0. The smallest absolute Gasteiger partial charge is 0.306 e. The van der Waals surface area contributed by atoms with Gasteiger partial charge in [0.05, 0.1) is 13.7 Å². The van der Waals surface area contributed by atoms with E-state index < -0.39 is 0 Å². The molecule has 0 aliphatic rings. The van der Waals surface area contributed by atoms with Crippen molar-refractivity contribution in [3.05, 3.63) is 64.7 Å². The molecule has 0 bridgehead atoms. The Balaban J connectivity index is 2.22. The first-order valence-corrected chi connectivity index (χ1v) is 9.19. The predicted octanol–water partition coefficient (Wildman–Crippen LogP) is 3.20. The molecule has 2 rings (SSSR count). The number of esters is 1. The fourth-order valence-corrected chi connectivity index (χ4v) is 3.05. The number of aryl methyl sites for hydroxylation is 2. The van der Waals surface area contributed by atoms with E-state index in [4.69, 9.17) is 15.2 Å². The van der Waals surface area contributed by atoms with Crippen LogP contribution in [0.3, 0.4) is 0 Å². The molecule has 27 heavy (non-hydrogen) atoms. The number of para-hydroxylation sites is 1. The molecule has 2 aromatic carbocycles. The van der Waals surface area contributed by atoms with Crippen LogP contribution in [0, 0.1) is 0 Å². The van der Waals surface area contributed by atoms with Crippen LogP contribution in [0.5, 0.6) is 5.75 Å².